The summed E-state index contributed by atoms with van der Waals surface area (Å²) in [7, 11) is -3.26. The zero-order chi connectivity index (χ0) is 15.8. The fraction of sp³-hybridized carbons (Fsp3) is 0.786. The molecule has 3 rings (SSSR count). The standard InChI is InChI=1S/C14H23N3O4S/c1-22(19,20)12-8-15-16-13(12)11-2-5-17(9-11)10-14(18)3-6-21-7-4-14/h8,11,18H,2-7,9-10H2,1H3,(H,15,16). The number of β-amino-alcohol motifs (C(OH)–C–C–N with tert-alkyl or cyclic N) is 1. The average Bonchev–Trinajstić information content (AvgIpc) is 3.06. The monoisotopic (exact) mass is 329 g/mol. The van der Waals surface area contributed by atoms with E-state index in [2.05, 4.69) is 15.1 Å². The number of H-pyrrole nitrogens is 1. The first kappa shape index (κ1) is 15.9. The number of hydrogen-bond acceptors (Lipinski definition) is 6. The zero-order valence-electron chi connectivity index (χ0n) is 12.8. The molecule has 0 amide bonds. The minimum Gasteiger partial charge on any atom is -0.388 e. The quantitative estimate of drug-likeness (QED) is 0.816. The van der Waals surface area contributed by atoms with Crippen molar-refractivity contribution < 1.29 is 18.3 Å². The molecule has 2 saturated heterocycles. The second kappa shape index (κ2) is 5.92. The molecule has 0 aromatic carbocycles. The number of nitrogens with zero attached hydrogens (tertiary/aromatic N) is 2. The molecular weight excluding hydrogens is 306 g/mol. The molecule has 2 fully saturated rings. The molecule has 0 bridgehead atoms. The van der Waals surface area contributed by atoms with Crippen molar-refractivity contribution in [1.82, 2.24) is 15.1 Å². The average molecular weight is 329 g/mol. The van der Waals surface area contributed by atoms with Crippen molar-refractivity contribution in [3.05, 3.63) is 11.9 Å². The zero-order valence-corrected chi connectivity index (χ0v) is 13.6. The minimum atomic E-state index is -3.26. The molecule has 2 aliphatic heterocycles. The second-order valence-corrected chi connectivity index (χ2v) is 8.46. The minimum absolute atomic E-state index is 0.121. The summed E-state index contributed by atoms with van der Waals surface area (Å²) in [4.78, 5) is 2.51. The predicted octanol–water partition coefficient (Wildman–Crippen LogP) is 0.144. The molecule has 0 radical (unpaired) electrons. The van der Waals surface area contributed by atoms with Crippen molar-refractivity contribution in [2.45, 2.75) is 35.7 Å². The van der Waals surface area contributed by atoms with Crippen LogP contribution < -0.4 is 0 Å². The van der Waals surface area contributed by atoms with Crippen molar-refractivity contribution in [2.24, 2.45) is 0 Å². The van der Waals surface area contributed by atoms with Gasteiger partial charge in [0.1, 0.15) is 4.90 Å². The van der Waals surface area contributed by atoms with Gasteiger partial charge in [-0.15, -0.1) is 0 Å². The molecule has 1 unspecified atom stereocenters. The number of likely N-dealkylation sites (tertiary alicyclic amines) is 1. The lowest BCUT2D eigenvalue weighted by Crippen LogP contribution is -2.46. The first-order valence-electron chi connectivity index (χ1n) is 7.63. The lowest BCUT2D eigenvalue weighted by Gasteiger charge is -2.35. The Labute approximate surface area is 130 Å². The third kappa shape index (κ3) is 3.34. The Bertz CT molecular complexity index is 622. The molecule has 7 nitrogen and oxygen atoms in total. The topological polar surface area (TPSA) is 95.5 Å². The SMILES string of the molecule is CS(=O)(=O)c1cn[nH]c1C1CCN(CC2(O)CCOCC2)C1. The highest BCUT2D eigenvalue weighted by atomic mass is 32.2. The van der Waals surface area contributed by atoms with Crippen LogP contribution in [0.3, 0.4) is 0 Å². The summed E-state index contributed by atoms with van der Waals surface area (Å²) in [6, 6.07) is 0. The Morgan fingerprint density at radius 3 is 2.91 bits per heavy atom. The van der Waals surface area contributed by atoms with Crippen LogP contribution in [-0.2, 0) is 14.6 Å². The number of aromatic amines is 1. The van der Waals surface area contributed by atoms with E-state index in [4.69, 9.17) is 4.74 Å². The Hall–Kier alpha value is -0.960. The molecule has 3 heterocycles. The Balaban J connectivity index is 1.67. The van der Waals surface area contributed by atoms with Crippen LogP contribution in [0, 0.1) is 0 Å². The largest absolute Gasteiger partial charge is 0.388 e. The van der Waals surface area contributed by atoms with Gasteiger partial charge < -0.3 is 9.84 Å². The Kier molecular flexibility index (Phi) is 4.28. The molecule has 8 heteroatoms. The van der Waals surface area contributed by atoms with E-state index in [1.54, 1.807) is 0 Å². The Morgan fingerprint density at radius 2 is 2.23 bits per heavy atom. The van der Waals surface area contributed by atoms with E-state index in [1.807, 2.05) is 0 Å². The first-order chi connectivity index (χ1) is 10.4. The van der Waals surface area contributed by atoms with Gasteiger partial charge in [0, 0.05) is 51.3 Å². The van der Waals surface area contributed by atoms with Gasteiger partial charge in [0.25, 0.3) is 0 Å². The van der Waals surface area contributed by atoms with Crippen LogP contribution in [0.2, 0.25) is 0 Å². The van der Waals surface area contributed by atoms with E-state index in [0.717, 1.165) is 19.5 Å². The van der Waals surface area contributed by atoms with Crippen LogP contribution in [0.4, 0.5) is 0 Å². The molecule has 1 aromatic rings. The first-order valence-corrected chi connectivity index (χ1v) is 9.52. The van der Waals surface area contributed by atoms with Crippen molar-refractivity contribution in [3.63, 3.8) is 0 Å². The van der Waals surface area contributed by atoms with Gasteiger partial charge in [-0.2, -0.15) is 5.10 Å². The van der Waals surface area contributed by atoms with Crippen molar-refractivity contribution >= 4 is 9.84 Å². The van der Waals surface area contributed by atoms with Crippen LogP contribution in [0.15, 0.2) is 11.1 Å². The maximum atomic E-state index is 11.8. The van der Waals surface area contributed by atoms with Crippen molar-refractivity contribution in [1.29, 1.82) is 0 Å². The molecule has 1 atom stereocenters. The molecule has 2 aliphatic rings. The van der Waals surface area contributed by atoms with Crippen LogP contribution in [0.5, 0.6) is 0 Å². The molecule has 1 aromatic heterocycles. The molecular formula is C14H23N3O4S. The van der Waals surface area contributed by atoms with Gasteiger partial charge in [0.05, 0.1) is 17.5 Å². The third-order valence-corrected chi connectivity index (χ3v) is 5.78. The lowest BCUT2D eigenvalue weighted by molar-refractivity contribution is -0.0773. The van der Waals surface area contributed by atoms with E-state index in [9.17, 15) is 13.5 Å². The van der Waals surface area contributed by atoms with Gasteiger partial charge >= 0.3 is 0 Å². The molecule has 0 aliphatic carbocycles. The number of hydrogen-bond donors (Lipinski definition) is 2. The predicted molar refractivity (Wildman–Crippen MR) is 80.5 cm³/mol. The maximum absolute atomic E-state index is 11.8. The van der Waals surface area contributed by atoms with Gasteiger partial charge in [-0.3, -0.25) is 10.00 Å². The summed E-state index contributed by atoms with van der Waals surface area (Å²) in [5.74, 6) is 0.121. The van der Waals surface area contributed by atoms with E-state index in [1.165, 1.54) is 12.5 Å². The summed E-state index contributed by atoms with van der Waals surface area (Å²) < 4.78 is 28.9. The normalized spacial score (nSPS) is 26.4. The van der Waals surface area contributed by atoms with Crippen LogP contribution in [0.1, 0.15) is 30.9 Å². The van der Waals surface area contributed by atoms with Crippen LogP contribution in [0.25, 0.3) is 0 Å². The van der Waals surface area contributed by atoms with Crippen molar-refractivity contribution in [2.75, 3.05) is 39.1 Å². The fourth-order valence-corrected chi connectivity index (χ4v) is 4.27. The summed E-state index contributed by atoms with van der Waals surface area (Å²) in [5, 5.41) is 17.3. The molecule has 0 spiro atoms. The smallest absolute Gasteiger partial charge is 0.178 e. The van der Waals surface area contributed by atoms with Gasteiger partial charge in [-0.05, 0) is 13.0 Å². The number of ether oxygens (including phenoxy) is 1. The number of aromatic nitrogens is 2. The van der Waals surface area contributed by atoms with E-state index >= 15 is 0 Å². The fourth-order valence-electron chi connectivity index (χ4n) is 3.41. The third-order valence-electron chi connectivity index (χ3n) is 4.65. The van der Waals surface area contributed by atoms with E-state index in [0.29, 0.717) is 43.2 Å². The summed E-state index contributed by atoms with van der Waals surface area (Å²) >= 11 is 0. The summed E-state index contributed by atoms with van der Waals surface area (Å²) in [6.07, 6.45) is 4.79. The Morgan fingerprint density at radius 1 is 1.50 bits per heavy atom. The molecule has 2 N–H and O–H groups in total. The van der Waals surface area contributed by atoms with Crippen LogP contribution >= 0.6 is 0 Å². The highest BCUT2D eigenvalue weighted by molar-refractivity contribution is 7.90. The van der Waals surface area contributed by atoms with Gasteiger partial charge in [0.2, 0.25) is 0 Å². The van der Waals surface area contributed by atoms with Gasteiger partial charge in [0.15, 0.2) is 9.84 Å². The van der Waals surface area contributed by atoms with Crippen LogP contribution in [-0.4, -0.2) is 73.3 Å². The van der Waals surface area contributed by atoms with Gasteiger partial charge in [-0.1, -0.05) is 0 Å². The summed E-state index contributed by atoms with van der Waals surface area (Å²) in [5.41, 5.74) is 0.0183. The summed E-state index contributed by atoms with van der Waals surface area (Å²) in [6.45, 7) is 3.43. The van der Waals surface area contributed by atoms with E-state index < -0.39 is 15.4 Å². The van der Waals surface area contributed by atoms with E-state index in [-0.39, 0.29) is 5.92 Å². The molecule has 124 valence electrons. The van der Waals surface area contributed by atoms with Crippen molar-refractivity contribution in [3.8, 4) is 0 Å². The van der Waals surface area contributed by atoms with Gasteiger partial charge in [-0.25, -0.2) is 8.42 Å². The second-order valence-electron chi connectivity index (χ2n) is 6.48. The number of aliphatic hydroxyl groups is 1. The lowest BCUT2D eigenvalue weighted by atomic mass is 9.94. The molecule has 0 saturated carbocycles. The highest BCUT2D eigenvalue weighted by Gasteiger charge is 2.36. The maximum Gasteiger partial charge on any atom is 0.178 e. The highest BCUT2D eigenvalue weighted by Crippen LogP contribution is 2.32. The number of rotatable bonds is 4. The number of nitrogens with one attached hydrogen (secondary N) is 1. The molecule has 22 heavy (non-hydrogen) atoms. The number of sulfone groups is 1.